The first-order valence-corrected chi connectivity index (χ1v) is 10.0. The highest BCUT2D eigenvalue weighted by Crippen LogP contribution is 2.19. The fourth-order valence-corrected chi connectivity index (χ4v) is 4.84. The zero-order valence-electron chi connectivity index (χ0n) is 14.0. The number of sulfonamides is 1. The van der Waals surface area contributed by atoms with Crippen molar-refractivity contribution in [2.45, 2.75) is 31.6 Å². The minimum absolute atomic E-state index is 0.00320. The van der Waals surface area contributed by atoms with Crippen LogP contribution in [0.2, 0.25) is 0 Å². The Morgan fingerprint density at radius 1 is 1.21 bits per heavy atom. The highest BCUT2D eigenvalue weighted by atomic mass is 32.2. The highest BCUT2D eigenvalue weighted by Gasteiger charge is 2.33. The van der Waals surface area contributed by atoms with Crippen molar-refractivity contribution in [3.05, 3.63) is 35.4 Å². The van der Waals surface area contributed by atoms with Crippen molar-refractivity contribution in [2.75, 3.05) is 32.8 Å². The number of benzene rings is 1. The molecule has 2 heterocycles. The number of amides is 1. The van der Waals surface area contributed by atoms with Gasteiger partial charge in [0.15, 0.2) is 0 Å². The molecule has 0 aliphatic carbocycles. The molecule has 1 atom stereocenters. The summed E-state index contributed by atoms with van der Waals surface area (Å²) in [6.07, 6.45) is 1.35. The summed E-state index contributed by atoms with van der Waals surface area (Å²) in [6, 6.07) is 7.53. The Hall–Kier alpha value is -1.44. The highest BCUT2D eigenvalue weighted by molar-refractivity contribution is 7.88. The molecule has 2 aliphatic heterocycles. The Labute approximate surface area is 143 Å². The SMILES string of the molecule is Cc1ccccc1CS(=O)(=O)N1CCN(C(=O)C2CCCO2)CC1. The van der Waals surface area contributed by atoms with E-state index in [1.54, 1.807) is 4.90 Å². The lowest BCUT2D eigenvalue weighted by molar-refractivity contribution is -0.142. The van der Waals surface area contributed by atoms with Crippen LogP contribution in [0.25, 0.3) is 0 Å². The van der Waals surface area contributed by atoms with E-state index in [0.717, 1.165) is 24.0 Å². The molecule has 0 saturated carbocycles. The number of hydrogen-bond acceptors (Lipinski definition) is 4. The van der Waals surface area contributed by atoms with E-state index >= 15 is 0 Å². The first kappa shape index (κ1) is 17.4. The van der Waals surface area contributed by atoms with Crippen LogP contribution in [0, 0.1) is 6.92 Å². The average molecular weight is 352 g/mol. The number of aryl methyl sites for hydroxylation is 1. The number of hydrogen-bond donors (Lipinski definition) is 0. The van der Waals surface area contributed by atoms with Gasteiger partial charge in [0, 0.05) is 32.8 Å². The van der Waals surface area contributed by atoms with Crippen molar-refractivity contribution in [1.29, 1.82) is 0 Å². The molecule has 0 bridgehead atoms. The molecule has 1 aromatic rings. The normalized spacial score (nSPS) is 22.7. The molecule has 1 unspecified atom stereocenters. The van der Waals surface area contributed by atoms with Crippen LogP contribution in [0.5, 0.6) is 0 Å². The fourth-order valence-electron chi connectivity index (χ4n) is 3.22. The third-order valence-corrected chi connectivity index (χ3v) is 6.58. The summed E-state index contributed by atoms with van der Waals surface area (Å²) in [5.41, 5.74) is 1.81. The lowest BCUT2D eigenvalue weighted by atomic mass is 10.1. The largest absolute Gasteiger partial charge is 0.368 e. The molecular weight excluding hydrogens is 328 g/mol. The van der Waals surface area contributed by atoms with E-state index < -0.39 is 10.0 Å². The van der Waals surface area contributed by atoms with Crippen molar-refractivity contribution in [2.24, 2.45) is 0 Å². The van der Waals surface area contributed by atoms with Crippen molar-refractivity contribution >= 4 is 15.9 Å². The number of carbonyl (C=O) groups is 1. The molecule has 0 aromatic heterocycles. The minimum Gasteiger partial charge on any atom is -0.368 e. The Morgan fingerprint density at radius 2 is 1.92 bits per heavy atom. The maximum absolute atomic E-state index is 12.6. The van der Waals surface area contributed by atoms with Crippen molar-refractivity contribution < 1.29 is 17.9 Å². The molecule has 2 aliphatic rings. The van der Waals surface area contributed by atoms with E-state index in [0.29, 0.717) is 32.8 Å². The predicted molar refractivity (Wildman–Crippen MR) is 90.9 cm³/mol. The molecule has 0 radical (unpaired) electrons. The monoisotopic (exact) mass is 352 g/mol. The van der Waals surface area contributed by atoms with Gasteiger partial charge in [-0.1, -0.05) is 24.3 Å². The fraction of sp³-hybridized carbons (Fsp3) is 0.588. The van der Waals surface area contributed by atoms with Gasteiger partial charge in [0.1, 0.15) is 6.10 Å². The first-order valence-electron chi connectivity index (χ1n) is 8.40. The standard InChI is InChI=1S/C17H24N2O4S/c1-14-5-2-3-6-15(14)13-24(21,22)19-10-8-18(9-11-19)17(20)16-7-4-12-23-16/h2-3,5-6,16H,4,7-13H2,1H3. The quantitative estimate of drug-likeness (QED) is 0.815. The van der Waals surface area contributed by atoms with Crippen molar-refractivity contribution in [1.82, 2.24) is 9.21 Å². The molecule has 0 spiro atoms. The van der Waals surface area contributed by atoms with Crippen LogP contribution in [0.1, 0.15) is 24.0 Å². The molecule has 2 saturated heterocycles. The molecule has 0 N–H and O–H groups in total. The van der Waals surface area contributed by atoms with Crippen LogP contribution >= 0.6 is 0 Å². The van der Waals surface area contributed by atoms with E-state index in [1.807, 2.05) is 31.2 Å². The first-order chi connectivity index (χ1) is 11.5. The van der Waals surface area contributed by atoms with Gasteiger partial charge in [-0.15, -0.1) is 0 Å². The predicted octanol–water partition coefficient (Wildman–Crippen LogP) is 1.15. The second-order valence-corrected chi connectivity index (χ2v) is 8.38. The summed E-state index contributed by atoms with van der Waals surface area (Å²) in [4.78, 5) is 14.1. The second kappa shape index (κ2) is 7.21. The zero-order valence-corrected chi connectivity index (χ0v) is 14.8. The van der Waals surface area contributed by atoms with E-state index in [4.69, 9.17) is 4.74 Å². The van der Waals surface area contributed by atoms with Gasteiger partial charge in [-0.05, 0) is 30.9 Å². The molecule has 1 amide bonds. The maximum Gasteiger partial charge on any atom is 0.251 e. The van der Waals surface area contributed by atoms with Gasteiger partial charge in [-0.25, -0.2) is 8.42 Å². The zero-order chi connectivity index (χ0) is 17.2. The van der Waals surface area contributed by atoms with Crippen LogP contribution in [0.3, 0.4) is 0 Å². The Balaban J connectivity index is 1.59. The van der Waals surface area contributed by atoms with E-state index in [-0.39, 0.29) is 17.8 Å². The molecule has 24 heavy (non-hydrogen) atoms. The van der Waals surface area contributed by atoms with Gasteiger partial charge < -0.3 is 9.64 Å². The number of rotatable bonds is 4. The molecule has 3 rings (SSSR count). The van der Waals surface area contributed by atoms with Crippen LogP contribution in [-0.4, -0.2) is 62.4 Å². The lowest BCUT2D eigenvalue weighted by Crippen LogP contribution is -2.52. The molecule has 132 valence electrons. The molecular formula is C17H24N2O4S. The third kappa shape index (κ3) is 3.79. The van der Waals surface area contributed by atoms with E-state index in [1.165, 1.54) is 4.31 Å². The van der Waals surface area contributed by atoms with Gasteiger partial charge in [0.25, 0.3) is 5.91 Å². The topological polar surface area (TPSA) is 66.9 Å². The third-order valence-electron chi connectivity index (χ3n) is 4.75. The van der Waals surface area contributed by atoms with Crippen molar-refractivity contribution in [3.63, 3.8) is 0 Å². The van der Waals surface area contributed by atoms with Crippen LogP contribution in [0.4, 0.5) is 0 Å². The number of nitrogens with zero attached hydrogens (tertiary/aromatic N) is 2. The van der Waals surface area contributed by atoms with Gasteiger partial charge in [-0.3, -0.25) is 4.79 Å². The summed E-state index contributed by atoms with van der Waals surface area (Å²) in [6.45, 7) is 4.14. The van der Waals surface area contributed by atoms with E-state index in [2.05, 4.69) is 0 Å². The summed E-state index contributed by atoms with van der Waals surface area (Å²) in [7, 11) is -3.36. The Kier molecular flexibility index (Phi) is 5.22. The number of carbonyl (C=O) groups excluding carboxylic acids is 1. The molecule has 6 nitrogen and oxygen atoms in total. The number of piperazine rings is 1. The van der Waals surface area contributed by atoms with Gasteiger partial charge in [0.05, 0.1) is 5.75 Å². The van der Waals surface area contributed by atoms with Crippen LogP contribution in [0.15, 0.2) is 24.3 Å². The minimum atomic E-state index is -3.36. The van der Waals surface area contributed by atoms with Crippen LogP contribution in [-0.2, 0) is 25.3 Å². The van der Waals surface area contributed by atoms with E-state index in [9.17, 15) is 13.2 Å². The summed E-state index contributed by atoms with van der Waals surface area (Å²) in [5.74, 6) is 0.0164. The van der Waals surface area contributed by atoms with Gasteiger partial charge in [0.2, 0.25) is 10.0 Å². The maximum atomic E-state index is 12.6. The smallest absolute Gasteiger partial charge is 0.251 e. The average Bonchev–Trinajstić information content (AvgIpc) is 3.11. The summed E-state index contributed by atoms with van der Waals surface area (Å²) >= 11 is 0. The molecule has 7 heteroatoms. The number of ether oxygens (including phenoxy) is 1. The van der Waals surface area contributed by atoms with Gasteiger partial charge in [-0.2, -0.15) is 4.31 Å². The summed E-state index contributed by atoms with van der Waals surface area (Å²) < 4.78 is 32.2. The Morgan fingerprint density at radius 3 is 2.54 bits per heavy atom. The van der Waals surface area contributed by atoms with Crippen molar-refractivity contribution in [3.8, 4) is 0 Å². The Bertz CT molecular complexity index is 690. The molecule has 1 aromatic carbocycles. The second-order valence-electron chi connectivity index (χ2n) is 6.41. The summed E-state index contributed by atoms with van der Waals surface area (Å²) in [5, 5.41) is 0. The lowest BCUT2D eigenvalue weighted by Gasteiger charge is -2.35. The molecule has 2 fully saturated rings. The van der Waals surface area contributed by atoms with Crippen LogP contribution < -0.4 is 0 Å². The van der Waals surface area contributed by atoms with Gasteiger partial charge >= 0.3 is 0 Å².